The average Bonchev–Trinajstić information content (AvgIpc) is 2.52. The number of carbonyl (C=O) groups excluding carboxylic acids is 1. The minimum absolute atomic E-state index is 0.169. The summed E-state index contributed by atoms with van der Waals surface area (Å²) < 4.78 is 21.1. The fourth-order valence-corrected chi connectivity index (χ4v) is 2.57. The summed E-state index contributed by atoms with van der Waals surface area (Å²) in [4.78, 5) is 36.9. The maximum Gasteiger partial charge on any atom is 0.339 e. The van der Waals surface area contributed by atoms with Gasteiger partial charge in [-0.2, -0.15) is 0 Å². The van der Waals surface area contributed by atoms with Gasteiger partial charge in [0.25, 0.3) is 5.56 Å². The molecule has 0 atom stereocenters. The molecule has 0 aliphatic heterocycles. The van der Waals surface area contributed by atoms with Crippen molar-refractivity contribution in [3.8, 4) is 5.69 Å². The quantitative estimate of drug-likeness (QED) is 0.757. The normalized spacial score (nSPS) is 11.0. The Morgan fingerprint density at radius 2 is 1.84 bits per heavy atom. The lowest BCUT2D eigenvalue weighted by Gasteiger charge is -2.14. The second-order valence-corrected chi connectivity index (χ2v) is 6.40. The molecule has 134 valence electrons. The summed E-state index contributed by atoms with van der Waals surface area (Å²) in [5, 5.41) is -0.433. The predicted octanol–water partition coefficient (Wildman–Crippen LogP) is 2.86. The van der Waals surface area contributed by atoms with E-state index >= 15 is 0 Å². The van der Waals surface area contributed by atoms with Gasteiger partial charge in [0.1, 0.15) is 10.8 Å². The minimum Gasteiger partial charge on any atom is -0.459 e. The molecule has 0 saturated heterocycles. The van der Waals surface area contributed by atoms with E-state index in [2.05, 4.69) is 0 Å². The van der Waals surface area contributed by atoms with Crippen molar-refractivity contribution >= 4 is 29.2 Å². The number of benzene rings is 1. The van der Waals surface area contributed by atoms with Crippen molar-refractivity contribution in [3.05, 3.63) is 60.1 Å². The monoisotopic (exact) mass is 388 g/mol. The van der Waals surface area contributed by atoms with Crippen molar-refractivity contribution < 1.29 is 13.9 Å². The lowest BCUT2D eigenvalue weighted by molar-refractivity contribution is 0.0378. The molecule has 0 unspecified atom stereocenters. The second-order valence-electron chi connectivity index (χ2n) is 5.62. The van der Waals surface area contributed by atoms with E-state index in [0.29, 0.717) is 4.57 Å². The number of rotatable bonds is 3. The van der Waals surface area contributed by atoms with Crippen LogP contribution in [0.5, 0.6) is 0 Å². The molecule has 0 spiro atoms. The van der Waals surface area contributed by atoms with Crippen molar-refractivity contribution in [2.75, 3.05) is 0 Å². The summed E-state index contributed by atoms with van der Waals surface area (Å²) in [6.07, 6.45) is -0.429. The highest BCUT2D eigenvalue weighted by molar-refractivity contribution is 6.33. The summed E-state index contributed by atoms with van der Waals surface area (Å²) in [5.74, 6) is -1.76. The van der Waals surface area contributed by atoms with Gasteiger partial charge in [-0.05, 0) is 32.9 Å². The molecule has 9 heteroatoms. The molecule has 6 nitrogen and oxygen atoms in total. The Balaban J connectivity index is 2.80. The fourth-order valence-electron chi connectivity index (χ4n) is 2.14. The first-order valence-electron chi connectivity index (χ1n) is 7.24. The molecule has 0 bridgehead atoms. The van der Waals surface area contributed by atoms with Crippen LogP contribution in [-0.4, -0.2) is 21.2 Å². The smallest absolute Gasteiger partial charge is 0.339 e. The first-order chi connectivity index (χ1) is 11.6. The maximum atomic E-state index is 14.4. The lowest BCUT2D eigenvalue weighted by atomic mass is 10.2. The van der Waals surface area contributed by atoms with E-state index in [9.17, 15) is 18.8 Å². The molecule has 1 aromatic heterocycles. The van der Waals surface area contributed by atoms with E-state index in [-0.39, 0.29) is 21.3 Å². The molecule has 0 fully saturated rings. The number of ether oxygens (including phenoxy) is 1. The number of hydrogen-bond acceptors (Lipinski definition) is 4. The number of carbonyl (C=O) groups is 1. The summed E-state index contributed by atoms with van der Waals surface area (Å²) in [5.41, 5.74) is -2.07. The Bertz CT molecular complexity index is 942. The van der Waals surface area contributed by atoms with Crippen molar-refractivity contribution in [1.82, 2.24) is 9.13 Å². The van der Waals surface area contributed by atoms with Gasteiger partial charge in [-0.15, -0.1) is 0 Å². The van der Waals surface area contributed by atoms with E-state index in [1.165, 1.54) is 14.0 Å². The second kappa shape index (κ2) is 7.01. The van der Waals surface area contributed by atoms with Gasteiger partial charge < -0.3 is 4.74 Å². The van der Waals surface area contributed by atoms with Crippen molar-refractivity contribution in [3.63, 3.8) is 0 Å². The highest BCUT2D eigenvalue weighted by Gasteiger charge is 2.22. The number of aromatic nitrogens is 2. The average molecular weight is 389 g/mol. The largest absolute Gasteiger partial charge is 0.459 e. The topological polar surface area (TPSA) is 70.3 Å². The zero-order valence-corrected chi connectivity index (χ0v) is 15.4. The third kappa shape index (κ3) is 3.48. The van der Waals surface area contributed by atoms with Crippen LogP contribution in [0.1, 0.15) is 29.9 Å². The van der Waals surface area contributed by atoms with E-state index in [1.54, 1.807) is 13.8 Å². The summed E-state index contributed by atoms with van der Waals surface area (Å²) in [6, 6.07) is 1.84. The maximum absolute atomic E-state index is 14.4. The molecule has 2 rings (SSSR count). The van der Waals surface area contributed by atoms with Crippen LogP contribution in [0.4, 0.5) is 4.39 Å². The van der Waals surface area contributed by atoms with Crippen molar-refractivity contribution in [2.45, 2.75) is 26.9 Å². The summed E-state index contributed by atoms with van der Waals surface area (Å²) in [7, 11) is 1.39. The first-order valence-corrected chi connectivity index (χ1v) is 8.00. The molecule has 25 heavy (non-hydrogen) atoms. The SMILES string of the molecule is Cc1c(Cl)c(=O)n(-c2cc(C(=O)OC(C)C)c(Cl)cc2F)c(=O)n1C. The van der Waals surface area contributed by atoms with Crippen LogP contribution in [0.25, 0.3) is 5.69 Å². The van der Waals surface area contributed by atoms with Gasteiger partial charge in [0.2, 0.25) is 0 Å². The standard InChI is InChI=1S/C16H15Cl2FN2O4/c1-7(2)25-15(23)9-5-12(11(19)6-10(9)17)21-14(22)13(18)8(3)20(4)16(21)24/h5-7H,1-4H3. The molecular weight excluding hydrogens is 374 g/mol. The Morgan fingerprint density at radius 3 is 2.40 bits per heavy atom. The van der Waals surface area contributed by atoms with Crippen LogP contribution >= 0.6 is 23.2 Å². The molecule has 0 amide bonds. The summed E-state index contributed by atoms with van der Waals surface area (Å²) >= 11 is 11.8. The fraction of sp³-hybridized carbons (Fsp3) is 0.312. The highest BCUT2D eigenvalue weighted by atomic mass is 35.5. The van der Waals surface area contributed by atoms with Crippen LogP contribution in [0.2, 0.25) is 10.0 Å². The van der Waals surface area contributed by atoms with Crippen molar-refractivity contribution in [1.29, 1.82) is 0 Å². The van der Waals surface area contributed by atoms with Gasteiger partial charge >= 0.3 is 11.7 Å². The van der Waals surface area contributed by atoms with Gasteiger partial charge in [-0.1, -0.05) is 23.2 Å². The van der Waals surface area contributed by atoms with Gasteiger partial charge in [-0.25, -0.2) is 18.5 Å². The third-order valence-electron chi connectivity index (χ3n) is 3.53. The number of nitrogens with zero attached hydrogens (tertiary/aromatic N) is 2. The molecule has 0 saturated carbocycles. The zero-order valence-electron chi connectivity index (χ0n) is 13.9. The van der Waals surface area contributed by atoms with Gasteiger partial charge in [-0.3, -0.25) is 9.36 Å². The van der Waals surface area contributed by atoms with Gasteiger partial charge in [0.15, 0.2) is 0 Å². The zero-order chi connectivity index (χ0) is 19.0. The van der Waals surface area contributed by atoms with Crippen LogP contribution in [0, 0.1) is 12.7 Å². The molecular formula is C16H15Cl2FN2O4. The highest BCUT2D eigenvalue weighted by Crippen LogP contribution is 2.24. The van der Waals surface area contributed by atoms with Crippen LogP contribution in [0.3, 0.4) is 0 Å². The van der Waals surface area contributed by atoms with E-state index in [4.69, 9.17) is 27.9 Å². The number of halogens is 3. The predicted molar refractivity (Wildman–Crippen MR) is 92.5 cm³/mol. The van der Waals surface area contributed by atoms with Crippen molar-refractivity contribution in [2.24, 2.45) is 7.05 Å². The minimum atomic E-state index is -0.954. The number of esters is 1. The van der Waals surface area contributed by atoms with Gasteiger partial charge in [0.05, 0.1) is 22.4 Å². The van der Waals surface area contributed by atoms with E-state index in [0.717, 1.165) is 16.7 Å². The Hall–Kier alpha value is -2.12. The van der Waals surface area contributed by atoms with Crippen LogP contribution in [-0.2, 0) is 11.8 Å². The Morgan fingerprint density at radius 1 is 1.24 bits per heavy atom. The van der Waals surface area contributed by atoms with E-state index in [1.807, 2.05) is 0 Å². The lowest BCUT2D eigenvalue weighted by Crippen LogP contribution is -2.39. The number of hydrogen-bond donors (Lipinski definition) is 0. The van der Waals surface area contributed by atoms with E-state index < -0.39 is 34.8 Å². The molecule has 0 aliphatic carbocycles. The van der Waals surface area contributed by atoms with Crippen LogP contribution in [0.15, 0.2) is 21.7 Å². The molecule has 0 radical (unpaired) electrons. The van der Waals surface area contributed by atoms with Crippen LogP contribution < -0.4 is 11.2 Å². The Kier molecular flexibility index (Phi) is 5.39. The van der Waals surface area contributed by atoms with Gasteiger partial charge in [0, 0.05) is 12.7 Å². The molecule has 1 aromatic carbocycles. The third-order valence-corrected chi connectivity index (χ3v) is 4.28. The molecule has 0 N–H and O–H groups in total. The molecule has 2 aromatic rings. The summed E-state index contributed by atoms with van der Waals surface area (Å²) in [6.45, 7) is 4.76. The Labute approximate surface area is 152 Å². The molecule has 1 heterocycles. The molecule has 0 aliphatic rings. The first kappa shape index (κ1) is 19.2.